The molecule has 0 bridgehead atoms. The van der Waals surface area contributed by atoms with Crippen molar-refractivity contribution in [1.29, 1.82) is 0 Å². The Kier molecular flexibility index (Phi) is 3.36. The van der Waals surface area contributed by atoms with E-state index in [9.17, 15) is 9.59 Å². The summed E-state index contributed by atoms with van der Waals surface area (Å²) in [6, 6.07) is 0. The van der Waals surface area contributed by atoms with E-state index in [0.29, 0.717) is 32.5 Å². The maximum atomic E-state index is 12.2. The first kappa shape index (κ1) is 12.7. The molecule has 2 fully saturated rings. The molecule has 0 N–H and O–H groups in total. The highest BCUT2D eigenvalue weighted by Crippen LogP contribution is 2.49. The lowest BCUT2D eigenvalue weighted by atomic mass is 9.66. The molecule has 96 valence electrons. The number of carbonyl (C=O) groups is 2. The first-order valence-electron chi connectivity index (χ1n) is 6.31. The van der Waals surface area contributed by atoms with Crippen LogP contribution in [-0.2, 0) is 19.1 Å². The summed E-state index contributed by atoms with van der Waals surface area (Å²) in [4.78, 5) is 23.4. The van der Waals surface area contributed by atoms with Gasteiger partial charge in [0.15, 0.2) is 5.79 Å². The summed E-state index contributed by atoms with van der Waals surface area (Å²) in [5.74, 6) is -0.484. The van der Waals surface area contributed by atoms with Crippen molar-refractivity contribution < 1.29 is 19.1 Å². The molecule has 1 saturated carbocycles. The van der Waals surface area contributed by atoms with Crippen molar-refractivity contribution in [3.63, 3.8) is 0 Å². The second kappa shape index (κ2) is 4.50. The van der Waals surface area contributed by atoms with Crippen molar-refractivity contribution in [2.45, 2.75) is 51.7 Å². The van der Waals surface area contributed by atoms with Crippen LogP contribution in [0.3, 0.4) is 0 Å². The van der Waals surface area contributed by atoms with Crippen LogP contribution in [-0.4, -0.2) is 30.6 Å². The standard InChI is InChI=1S/C13H20O4/c1-10(14)5-7-12(2)11(15)4-3-6-13(12)16-8-9-17-13/h3-9H2,1-2H3/t12-/m0/s1. The van der Waals surface area contributed by atoms with Gasteiger partial charge in [-0.25, -0.2) is 0 Å². The summed E-state index contributed by atoms with van der Waals surface area (Å²) in [5.41, 5.74) is -0.659. The van der Waals surface area contributed by atoms with Crippen molar-refractivity contribution >= 4 is 11.6 Å². The predicted molar refractivity (Wildman–Crippen MR) is 61.5 cm³/mol. The summed E-state index contributed by atoms with van der Waals surface area (Å²) >= 11 is 0. The number of hydrogen-bond donors (Lipinski definition) is 0. The first-order chi connectivity index (χ1) is 8.00. The SMILES string of the molecule is CC(=O)CC[C@@]1(C)C(=O)CCCC12OCCO2. The second-order valence-electron chi connectivity index (χ2n) is 5.26. The van der Waals surface area contributed by atoms with Crippen LogP contribution >= 0.6 is 0 Å². The van der Waals surface area contributed by atoms with Crippen LogP contribution in [0.15, 0.2) is 0 Å². The fraction of sp³-hybridized carbons (Fsp3) is 0.846. The summed E-state index contributed by atoms with van der Waals surface area (Å²) in [6.45, 7) is 4.54. The molecule has 0 amide bonds. The largest absolute Gasteiger partial charge is 0.347 e. The maximum Gasteiger partial charge on any atom is 0.180 e. The van der Waals surface area contributed by atoms with Crippen molar-refractivity contribution in [2.75, 3.05) is 13.2 Å². The van der Waals surface area contributed by atoms with Gasteiger partial charge in [0.25, 0.3) is 0 Å². The minimum Gasteiger partial charge on any atom is -0.347 e. The van der Waals surface area contributed by atoms with Gasteiger partial charge in [0.2, 0.25) is 0 Å². The fourth-order valence-corrected chi connectivity index (χ4v) is 2.92. The van der Waals surface area contributed by atoms with E-state index in [2.05, 4.69) is 0 Å². The normalized spacial score (nSPS) is 32.0. The minimum atomic E-state index is -0.766. The van der Waals surface area contributed by atoms with Gasteiger partial charge in [-0.15, -0.1) is 0 Å². The predicted octanol–water partition coefficient (Wildman–Crippen LogP) is 1.86. The molecule has 0 aromatic carbocycles. The van der Waals surface area contributed by atoms with Crippen LogP contribution in [0, 0.1) is 5.41 Å². The lowest BCUT2D eigenvalue weighted by Gasteiger charge is -2.46. The molecule has 0 unspecified atom stereocenters. The van der Waals surface area contributed by atoms with Gasteiger partial charge >= 0.3 is 0 Å². The lowest BCUT2D eigenvalue weighted by molar-refractivity contribution is -0.242. The highest BCUT2D eigenvalue weighted by molar-refractivity contribution is 5.87. The molecular formula is C13H20O4. The monoisotopic (exact) mass is 240 g/mol. The molecule has 1 spiro atoms. The topological polar surface area (TPSA) is 52.6 Å². The Morgan fingerprint density at radius 1 is 1.35 bits per heavy atom. The number of hydrogen-bond acceptors (Lipinski definition) is 4. The van der Waals surface area contributed by atoms with Crippen LogP contribution in [0.5, 0.6) is 0 Å². The van der Waals surface area contributed by atoms with Crippen LogP contribution in [0.4, 0.5) is 0 Å². The average molecular weight is 240 g/mol. The second-order valence-corrected chi connectivity index (χ2v) is 5.26. The van der Waals surface area contributed by atoms with Crippen molar-refractivity contribution in [3.05, 3.63) is 0 Å². The Morgan fingerprint density at radius 3 is 2.59 bits per heavy atom. The van der Waals surface area contributed by atoms with Crippen LogP contribution in [0.25, 0.3) is 0 Å². The van der Waals surface area contributed by atoms with Gasteiger partial charge in [-0.05, 0) is 26.7 Å². The van der Waals surface area contributed by atoms with E-state index in [1.165, 1.54) is 0 Å². The lowest BCUT2D eigenvalue weighted by Crippen LogP contribution is -2.55. The summed E-state index contributed by atoms with van der Waals surface area (Å²) in [6.07, 6.45) is 3.09. The van der Waals surface area contributed by atoms with Crippen LogP contribution < -0.4 is 0 Å². The zero-order chi connectivity index (χ0) is 12.5. The van der Waals surface area contributed by atoms with E-state index in [4.69, 9.17) is 9.47 Å². The molecule has 0 radical (unpaired) electrons. The summed E-state index contributed by atoms with van der Waals surface area (Å²) < 4.78 is 11.5. The van der Waals surface area contributed by atoms with Gasteiger partial charge in [0.05, 0.1) is 18.6 Å². The third-order valence-corrected chi connectivity index (χ3v) is 4.10. The van der Waals surface area contributed by atoms with Crippen LogP contribution in [0.2, 0.25) is 0 Å². The molecule has 1 atom stereocenters. The van der Waals surface area contributed by atoms with Gasteiger partial charge < -0.3 is 14.3 Å². The molecule has 1 heterocycles. The number of Topliss-reactive ketones (excluding diaryl/α,β-unsaturated/α-hetero) is 2. The molecule has 1 aliphatic carbocycles. The molecule has 4 heteroatoms. The zero-order valence-corrected chi connectivity index (χ0v) is 10.6. The van der Waals surface area contributed by atoms with Gasteiger partial charge in [-0.1, -0.05) is 0 Å². The molecule has 2 rings (SSSR count). The van der Waals surface area contributed by atoms with E-state index in [1.807, 2.05) is 6.92 Å². The van der Waals surface area contributed by atoms with E-state index < -0.39 is 11.2 Å². The highest BCUT2D eigenvalue weighted by Gasteiger charge is 2.58. The Labute approximate surface area is 102 Å². The van der Waals surface area contributed by atoms with Gasteiger partial charge in [-0.2, -0.15) is 0 Å². The van der Waals surface area contributed by atoms with Gasteiger partial charge in [0, 0.05) is 19.3 Å². The molecule has 1 aliphatic heterocycles. The van der Waals surface area contributed by atoms with E-state index in [0.717, 1.165) is 12.8 Å². The molecule has 0 aromatic rings. The Morgan fingerprint density at radius 2 is 2.00 bits per heavy atom. The number of ketones is 2. The summed E-state index contributed by atoms with van der Waals surface area (Å²) in [5, 5.41) is 0. The van der Waals surface area contributed by atoms with Crippen molar-refractivity contribution in [2.24, 2.45) is 5.41 Å². The third-order valence-electron chi connectivity index (χ3n) is 4.10. The fourth-order valence-electron chi connectivity index (χ4n) is 2.92. The van der Waals surface area contributed by atoms with Gasteiger partial charge in [-0.3, -0.25) is 4.79 Å². The number of rotatable bonds is 3. The molecule has 17 heavy (non-hydrogen) atoms. The van der Waals surface area contributed by atoms with E-state index in [-0.39, 0.29) is 11.6 Å². The first-order valence-corrected chi connectivity index (χ1v) is 6.31. The smallest absolute Gasteiger partial charge is 0.180 e. The molecule has 4 nitrogen and oxygen atoms in total. The van der Waals surface area contributed by atoms with E-state index in [1.54, 1.807) is 6.92 Å². The Hall–Kier alpha value is -0.740. The van der Waals surface area contributed by atoms with E-state index >= 15 is 0 Å². The molecule has 1 saturated heterocycles. The van der Waals surface area contributed by atoms with Crippen molar-refractivity contribution in [3.8, 4) is 0 Å². The summed E-state index contributed by atoms with van der Waals surface area (Å²) in [7, 11) is 0. The molecule has 2 aliphatic rings. The Bertz CT molecular complexity index is 330. The highest BCUT2D eigenvalue weighted by atomic mass is 16.7. The number of carbonyl (C=O) groups excluding carboxylic acids is 2. The van der Waals surface area contributed by atoms with Crippen LogP contribution in [0.1, 0.15) is 46.0 Å². The quantitative estimate of drug-likeness (QED) is 0.755. The molecular weight excluding hydrogens is 220 g/mol. The maximum absolute atomic E-state index is 12.2. The number of ether oxygens (including phenoxy) is 2. The molecule has 0 aromatic heterocycles. The zero-order valence-electron chi connectivity index (χ0n) is 10.6. The average Bonchev–Trinajstić information content (AvgIpc) is 2.74. The minimum absolute atomic E-state index is 0.109. The van der Waals surface area contributed by atoms with Crippen molar-refractivity contribution in [1.82, 2.24) is 0 Å². The Balaban J connectivity index is 2.23. The van der Waals surface area contributed by atoms with Gasteiger partial charge in [0.1, 0.15) is 11.6 Å². The third kappa shape index (κ3) is 2.04.